The lowest BCUT2D eigenvalue weighted by molar-refractivity contribution is 0.556. The minimum Gasteiger partial charge on any atom is -0.344 e. The van der Waals surface area contributed by atoms with Gasteiger partial charge in [0.25, 0.3) is 0 Å². The van der Waals surface area contributed by atoms with Crippen LogP contribution >= 0.6 is 11.6 Å². The zero-order valence-corrected chi connectivity index (χ0v) is 14.6. The van der Waals surface area contributed by atoms with Gasteiger partial charge in [0.1, 0.15) is 0 Å². The van der Waals surface area contributed by atoms with E-state index in [0.717, 1.165) is 0 Å². The Hall–Kier alpha value is -0.530. The highest BCUT2D eigenvalue weighted by Gasteiger charge is 2.00. The molecule has 0 amide bonds. The second kappa shape index (κ2) is 14.4. The molecule has 1 aromatic carbocycles. The van der Waals surface area contributed by atoms with Crippen LogP contribution in [0.15, 0.2) is 24.3 Å². The van der Waals surface area contributed by atoms with Crippen LogP contribution in [-0.2, 0) is 12.3 Å². The quantitative estimate of drug-likeness (QED) is 0.325. The highest BCUT2D eigenvalue weighted by molar-refractivity contribution is 6.17. The molecule has 0 heterocycles. The molecular formula is C19H34ClN. The first-order chi connectivity index (χ1) is 9.88. The first kappa shape index (κ1) is 20.5. The molecule has 0 atom stereocenters. The largest absolute Gasteiger partial charge is 0.344 e. The smallest absolute Gasteiger partial charge is 0.0476 e. The maximum Gasteiger partial charge on any atom is 0.0476 e. The molecule has 0 saturated heterocycles. The summed E-state index contributed by atoms with van der Waals surface area (Å²) in [6.45, 7) is 2.28. The second-order valence-electron chi connectivity index (χ2n) is 5.83. The molecule has 0 fully saturated rings. The Kier molecular flexibility index (Phi) is 14.0. The Labute approximate surface area is 137 Å². The maximum atomic E-state index is 5.97. The number of hydrogen-bond donors (Lipinski definition) is 1. The van der Waals surface area contributed by atoms with E-state index in [4.69, 9.17) is 11.6 Å². The van der Waals surface area contributed by atoms with Crippen LogP contribution in [0.25, 0.3) is 0 Å². The van der Waals surface area contributed by atoms with Gasteiger partial charge in [-0.2, -0.15) is 0 Å². The standard InChI is InChI=1S/C19H31Cl.H3N/c1-2-3-4-5-6-7-8-9-10-11-14-18-15-12-13-16-19(18)17-20;/h12-13,15-16H,2-11,14,17H2,1H3;1H3. The van der Waals surface area contributed by atoms with Gasteiger partial charge < -0.3 is 6.15 Å². The fourth-order valence-electron chi connectivity index (χ4n) is 2.73. The minimum absolute atomic E-state index is 0. The number of benzene rings is 1. The molecule has 0 aromatic heterocycles. The summed E-state index contributed by atoms with van der Waals surface area (Å²) in [4.78, 5) is 0. The topological polar surface area (TPSA) is 35.0 Å². The van der Waals surface area contributed by atoms with Crippen molar-refractivity contribution in [1.29, 1.82) is 0 Å². The molecule has 1 rings (SSSR count). The van der Waals surface area contributed by atoms with Crippen molar-refractivity contribution < 1.29 is 0 Å². The van der Waals surface area contributed by atoms with Crippen LogP contribution in [0.4, 0.5) is 0 Å². The van der Waals surface area contributed by atoms with E-state index in [2.05, 4.69) is 31.2 Å². The summed E-state index contributed by atoms with van der Waals surface area (Å²) < 4.78 is 0. The van der Waals surface area contributed by atoms with Crippen molar-refractivity contribution >= 4 is 11.6 Å². The number of hydrogen-bond acceptors (Lipinski definition) is 1. The van der Waals surface area contributed by atoms with E-state index in [1.54, 1.807) is 0 Å². The van der Waals surface area contributed by atoms with Crippen molar-refractivity contribution in [2.24, 2.45) is 0 Å². The van der Waals surface area contributed by atoms with E-state index in [1.165, 1.54) is 81.8 Å². The summed E-state index contributed by atoms with van der Waals surface area (Å²) in [6, 6.07) is 8.59. The van der Waals surface area contributed by atoms with Crippen LogP contribution in [0.1, 0.15) is 82.3 Å². The normalized spacial score (nSPS) is 10.4. The Morgan fingerprint density at radius 2 is 1.19 bits per heavy atom. The van der Waals surface area contributed by atoms with Crippen LogP contribution < -0.4 is 6.15 Å². The van der Waals surface area contributed by atoms with E-state index < -0.39 is 0 Å². The Balaban J connectivity index is 0.00000400. The number of rotatable bonds is 12. The first-order valence-electron chi connectivity index (χ1n) is 8.51. The van der Waals surface area contributed by atoms with E-state index in [1.807, 2.05) is 0 Å². The van der Waals surface area contributed by atoms with Gasteiger partial charge in [-0.3, -0.25) is 0 Å². The molecule has 0 aliphatic rings. The van der Waals surface area contributed by atoms with Crippen LogP contribution in [-0.4, -0.2) is 0 Å². The number of alkyl halides is 1. The van der Waals surface area contributed by atoms with Gasteiger partial charge in [0.15, 0.2) is 0 Å². The average Bonchev–Trinajstić information content (AvgIpc) is 2.49. The summed E-state index contributed by atoms with van der Waals surface area (Å²) in [7, 11) is 0. The fraction of sp³-hybridized carbons (Fsp3) is 0.684. The van der Waals surface area contributed by atoms with E-state index >= 15 is 0 Å². The summed E-state index contributed by atoms with van der Waals surface area (Å²) in [5, 5.41) is 0. The molecule has 0 spiro atoms. The number of aryl methyl sites for hydroxylation is 1. The summed E-state index contributed by atoms with van der Waals surface area (Å²) in [6.07, 6.45) is 15.2. The molecule has 1 aromatic rings. The second-order valence-corrected chi connectivity index (χ2v) is 6.10. The molecular weight excluding hydrogens is 278 g/mol. The van der Waals surface area contributed by atoms with Crippen molar-refractivity contribution in [3.8, 4) is 0 Å². The molecule has 0 radical (unpaired) electrons. The molecule has 0 aliphatic heterocycles. The van der Waals surface area contributed by atoms with Gasteiger partial charge in [-0.05, 0) is 24.0 Å². The third-order valence-electron chi connectivity index (χ3n) is 4.06. The molecule has 3 N–H and O–H groups in total. The van der Waals surface area contributed by atoms with E-state index in [0.29, 0.717) is 5.88 Å². The van der Waals surface area contributed by atoms with Gasteiger partial charge in [-0.15, -0.1) is 11.6 Å². The highest BCUT2D eigenvalue weighted by atomic mass is 35.5. The molecule has 21 heavy (non-hydrogen) atoms. The van der Waals surface area contributed by atoms with Crippen molar-refractivity contribution in [1.82, 2.24) is 6.15 Å². The van der Waals surface area contributed by atoms with Gasteiger partial charge in [-0.25, -0.2) is 0 Å². The Bertz CT molecular complexity index is 338. The van der Waals surface area contributed by atoms with Crippen LogP contribution in [0.3, 0.4) is 0 Å². The minimum atomic E-state index is 0. The molecule has 0 aliphatic carbocycles. The van der Waals surface area contributed by atoms with Crippen molar-refractivity contribution in [2.45, 2.75) is 83.4 Å². The average molecular weight is 312 g/mol. The van der Waals surface area contributed by atoms with Crippen molar-refractivity contribution in [3.63, 3.8) is 0 Å². The molecule has 122 valence electrons. The predicted octanol–water partition coefficient (Wildman–Crippen LogP) is 7.05. The monoisotopic (exact) mass is 311 g/mol. The summed E-state index contributed by atoms with van der Waals surface area (Å²) in [5.74, 6) is 0.647. The molecule has 0 unspecified atom stereocenters. The summed E-state index contributed by atoms with van der Waals surface area (Å²) in [5.41, 5.74) is 2.76. The lowest BCUT2D eigenvalue weighted by Gasteiger charge is -2.06. The fourth-order valence-corrected chi connectivity index (χ4v) is 3.00. The van der Waals surface area contributed by atoms with Crippen LogP contribution in [0.2, 0.25) is 0 Å². The van der Waals surface area contributed by atoms with Crippen LogP contribution in [0, 0.1) is 0 Å². The molecule has 0 saturated carbocycles. The Morgan fingerprint density at radius 3 is 1.71 bits per heavy atom. The van der Waals surface area contributed by atoms with Gasteiger partial charge in [0, 0.05) is 5.88 Å². The van der Waals surface area contributed by atoms with Crippen molar-refractivity contribution in [3.05, 3.63) is 35.4 Å². The first-order valence-corrected chi connectivity index (χ1v) is 9.04. The van der Waals surface area contributed by atoms with Crippen LogP contribution in [0.5, 0.6) is 0 Å². The van der Waals surface area contributed by atoms with E-state index in [-0.39, 0.29) is 6.15 Å². The number of halogens is 1. The third kappa shape index (κ3) is 9.92. The maximum absolute atomic E-state index is 5.97. The lowest BCUT2D eigenvalue weighted by Crippen LogP contribution is -1.92. The Morgan fingerprint density at radius 1 is 0.714 bits per heavy atom. The van der Waals surface area contributed by atoms with Crippen molar-refractivity contribution in [2.75, 3.05) is 0 Å². The van der Waals surface area contributed by atoms with E-state index in [9.17, 15) is 0 Å². The van der Waals surface area contributed by atoms with Gasteiger partial charge in [0.05, 0.1) is 0 Å². The predicted molar refractivity (Wildman–Crippen MR) is 96.6 cm³/mol. The SMILES string of the molecule is CCCCCCCCCCCCc1ccccc1CCl.N. The molecule has 0 bridgehead atoms. The van der Waals surface area contributed by atoms with Gasteiger partial charge in [-0.1, -0.05) is 89.0 Å². The number of unbranched alkanes of at least 4 members (excludes halogenated alkanes) is 9. The van der Waals surface area contributed by atoms with Gasteiger partial charge >= 0.3 is 0 Å². The lowest BCUT2D eigenvalue weighted by atomic mass is 10.0. The third-order valence-corrected chi connectivity index (χ3v) is 4.35. The van der Waals surface area contributed by atoms with Gasteiger partial charge in [0.2, 0.25) is 0 Å². The molecule has 2 heteroatoms. The zero-order valence-electron chi connectivity index (χ0n) is 13.9. The molecule has 1 nitrogen and oxygen atoms in total. The zero-order chi connectivity index (χ0) is 14.5. The summed E-state index contributed by atoms with van der Waals surface area (Å²) >= 11 is 5.97. The highest BCUT2D eigenvalue weighted by Crippen LogP contribution is 2.16.